The Hall–Kier alpha value is -1.04. The molecule has 1 N–H and O–H groups in total. The Balaban J connectivity index is 1.84. The van der Waals surface area contributed by atoms with Crippen LogP contribution in [0.1, 0.15) is 21.1 Å². The van der Waals surface area contributed by atoms with E-state index in [0.717, 1.165) is 27.8 Å². The monoisotopic (exact) mass is 299 g/mol. The Morgan fingerprint density at radius 3 is 2.67 bits per heavy atom. The Morgan fingerprint density at radius 2 is 2.06 bits per heavy atom. The predicted octanol–water partition coefficient (Wildman–Crippen LogP) is 3.93. The zero-order valence-corrected chi connectivity index (χ0v) is 11.7. The molecule has 0 aliphatic rings. The summed E-state index contributed by atoms with van der Waals surface area (Å²) in [6.07, 6.45) is 0. The Kier molecular flexibility index (Phi) is 4.63. The maximum absolute atomic E-state index is 10.7. The summed E-state index contributed by atoms with van der Waals surface area (Å²) >= 11 is 8.67. The third kappa shape index (κ3) is 3.73. The number of benzene rings is 1. The van der Waals surface area contributed by atoms with Gasteiger partial charge in [0, 0.05) is 21.9 Å². The van der Waals surface area contributed by atoms with Gasteiger partial charge < -0.3 is 5.11 Å². The van der Waals surface area contributed by atoms with Crippen molar-refractivity contribution in [3.8, 4) is 0 Å². The number of aromatic nitrogens is 1. The van der Waals surface area contributed by atoms with Crippen LogP contribution in [0.4, 0.5) is 0 Å². The lowest BCUT2D eigenvalue weighted by Gasteiger charge is -2.00. The molecule has 0 unspecified atom stereocenters. The van der Waals surface area contributed by atoms with Crippen molar-refractivity contribution >= 4 is 40.7 Å². The first kappa shape index (κ1) is 13.4. The highest BCUT2D eigenvalue weighted by atomic mass is 35.5. The molecule has 0 aliphatic heterocycles. The number of hydrogen-bond donors (Lipinski definition) is 1. The van der Waals surface area contributed by atoms with Crippen LogP contribution in [0.25, 0.3) is 0 Å². The van der Waals surface area contributed by atoms with Crippen LogP contribution in [-0.4, -0.2) is 16.1 Å². The van der Waals surface area contributed by atoms with E-state index in [1.807, 2.05) is 24.3 Å². The maximum Gasteiger partial charge on any atom is 0.365 e. The second kappa shape index (κ2) is 6.22. The van der Waals surface area contributed by atoms with Crippen LogP contribution >= 0.6 is 34.7 Å². The number of rotatable bonds is 5. The van der Waals surface area contributed by atoms with Crippen molar-refractivity contribution < 1.29 is 9.90 Å². The lowest BCUT2D eigenvalue weighted by molar-refractivity contribution is 0.0696. The SMILES string of the molecule is O=C(O)c1nc(CSCc2ccc(Cl)cc2)cs1. The van der Waals surface area contributed by atoms with Gasteiger partial charge in [0.25, 0.3) is 0 Å². The van der Waals surface area contributed by atoms with Crippen molar-refractivity contribution in [3.05, 3.63) is 50.9 Å². The summed E-state index contributed by atoms with van der Waals surface area (Å²) in [5.74, 6) is 0.609. The minimum atomic E-state index is -0.964. The number of hydrogen-bond acceptors (Lipinski definition) is 4. The third-order valence-electron chi connectivity index (χ3n) is 2.17. The first-order valence-corrected chi connectivity index (χ1v) is 7.56. The minimum absolute atomic E-state index is 0.150. The molecular formula is C12H10ClNO2S2. The van der Waals surface area contributed by atoms with Gasteiger partial charge in [0.15, 0.2) is 0 Å². The predicted molar refractivity (Wildman–Crippen MR) is 75.5 cm³/mol. The van der Waals surface area contributed by atoms with Gasteiger partial charge in [-0.25, -0.2) is 9.78 Å². The molecule has 6 heteroatoms. The fraction of sp³-hybridized carbons (Fsp3) is 0.167. The van der Waals surface area contributed by atoms with E-state index in [0.29, 0.717) is 5.75 Å². The van der Waals surface area contributed by atoms with Crippen LogP contribution < -0.4 is 0 Å². The van der Waals surface area contributed by atoms with Gasteiger partial charge in [-0.1, -0.05) is 23.7 Å². The topological polar surface area (TPSA) is 50.2 Å². The molecule has 2 aromatic rings. The lowest BCUT2D eigenvalue weighted by atomic mass is 10.2. The summed E-state index contributed by atoms with van der Waals surface area (Å²) in [6.45, 7) is 0. The van der Waals surface area contributed by atoms with E-state index in [2.05, 4.69) is 4.98 Å². The van der Waals surface area contributed by atoms with Crippen molar-refractivity contribution in [3.63, 3.8) is 0 Å². The molecule has 0 saturated heterocycles. The summed E-state index contributed by atoms with van der Waals surface area (Å²) in [4.78, 5) is 14.7. The highest BCUT2D eigenvalue weighted by Crippen LogP contribution is 2.20. The highest BCUT2D eigenvalue weighted by molar-refractivity contribution is 7.97. The molecular weight excluding hydrogens is 290 g/mol. The molecule has 1 heterocycles. The van der Waals surface area contributed by atoms with Gasteiger partial charge in [-0.05, 0) is 17.7 Å². The van der Waals surface area contributed by atoms with Crippen LogP contribution in [0.15, 0.2) is 29.6 Å². The van der Waals surface area contributed by atoms with Crippen molar-refractivity contribution in [2.45, 2.75) is 11.5 Å². The molecule has 0 radical (unpaired) electrons. The third-order valence-corrected chi connectivity index (χ3v) is 4.34. The van der Waals surface area contributed by atoms with Crippen LogP contribution in [-0.2, 0) is 11.5 Å². The number of halogens is 1. The van der Waals surface area contributed by atoms with E-state index >= 15 is 0 Å². The summed E-state index contributed by atoms with van der Waals surface area (Å²) < 4.78 is 0. The first-order chi connectivity index (χ1) is 8.65. The minimum Gasteiger partial charge on any atom is -0.476 e. The molecule has 0 fully saturated rings. The molecule has 0 bridgehead atoms. The summed E-state index contributed by atoms with van der Waals surface area (Å²) in [6, 6.07) is 7.70. The fourth-order valence-electron chi connectivity index (χ4n) is 1.33. The van der Waals surface area contributed by atoms with E-state index in [1.54, 1.807) is 17.1 Å². The number of carbonyl (C=O) groups is 1. The summed E-state index contributed by atoms with van der Waals surface area (Å²) in [5.41, 5.74) is 2.01. The fourth-order valence-corrected chi connectivity index (χ4v) is 3.10. The van der Waals surface area contributed by atoms with E-state index in [9.17, 15) is 4.79 Å². The van der Waals surface area contributed by atoms with Gasteiger partial charge in [0.1, 0.15) is 0 Å². The maximum atomic E-state index is 10.7. The van der Waals surface area contributed by atoms with Gasteiger partial charge in [-0.3, -0.25) is 0 Å². The van der Waals surface area contributed by atoms with E-state index in [4.69, 9.17) is 16.7 Å². The second-order valence-electron chi connectivity index (χ2n) is 3.57. The molecule has 0 saturated carbocycles. The summed E-state index contributed by atoms with van der Waals surface area (Å²) in [7, 11) is 0. The van der Waals surface area contributed by atoms with Gasteiger partial charge in [-0.2, -0.15) is 11.8 Å². The number of thiazole rings is 1. The zero-order valence-electron chi connectivity index (χ0n) is 9.30. The highest BCUT2D eigenvalue weighted by Gasteiger charge is 2.08. The van der Waals surface area contributed by atoms with Crippen molar-refractivity contribution in [1.29, 1.82) is 0 Å². The molecule has 2 rings (SSSR count). The molecule has 0 amide bonds. The second-order valence-corrected chi connectivity index (χ2v) is 5.85. The Morgan fingerprint density at radius 1 is 1.33 bits per heavy atom. The number of nitrogens with zero attached hydrogens (tertiary/aromatic N) is 1. The molecule has 18 heavy (non-hydrogen) atoms. The van der Waals surface area contributed by atoms with Gasteiger partial charge in [-0.15, -0.1) is 11.3 Å². The standard InChI is InChI=1S/C12H10ClNO2S2/c13-9-3-1-8(2-4-9)5-17-6-10-7-18-11(14-10)12(15)16/h1-4,7H,5-6H2,(H,15,16). The van der Waals surface area contributed by atoms with E-state index in [-0.39, 0.29) is 5.01 Å². The molecule has 1 aromatic carbocycles. The van der Waals surface area contributed by atoms with Gasteiger partial charge in [0.2, 0.25) is 5.01 Å². The Bertz CT molecular complexity index is 539. The van der Waals surface area contributed by atoms with E-state index in [1.165, 1.54) is 5.56 Å². The average Bonchev–Trinajstić information content (AvgIpc) is 2.81. The number of thioether (sulfide) groups is 1. The smallest absolute Gasteiger partial charge is 0.365 e. The molecule has 0 atom stereocenters. The number of aromatic carboxylic acids is 1. The summed E-state index contributed by atoms with van der Waals surface area (Å²) in [5, 5.41) is 11.4. The average molecular weight is 300 g/mol. The first-order valence-electron chi connectivity index (χ1n) is 5.15. The van der Waals surface area contributed by atoms with Crippen LogP contribution in [0.2, 0.25) is 5.02 Å². The molecule has 1 aromatic heterocycles. The molecule has 0 aliphatic carbocycles. The number of carboxylic acids is 1. The normalized spacial score (nSPS) is 10.5. The van der Waals surface area contributed by atoms with Gasteiger partial charge in [0.05, 0.1) is 5.69 Å². The van der Waals surface area contributed by atoms with Crippen LogP contribution in [0.5, 0.6) is 0 Å². The van der Waals surface area contributed by atoms with Crippen molar-refractivity contribution in [2.24, 2.45) is 0 Å². The van der Waals surface area contributed by atoms with E-state index < -0.39 is 5.97 Å². The van der Waals surface area contributed by atoms with Gasteiger partial charge >= 0.3 is 5.97 Å². The molecule has 0 spiro atoms. The largest absolute Gasteiger partial charge is 0.476 e. The van der Waals surface area contributed by atoms with Crippen LogP contribution in [0.3, 0.4) is 0 Å². The van der Waals surface area contributed by atoms with Crippen molar-refractivity contribution in [2.75, 3.05) is 0 Å². The Labute approximate surface area is 118 Å². The number of carboxylic acid groups (broad SMARTS) is 1. The zero-order chi connectivity index (χ0) is 13.0. The lowest BCUT2D eigenvalue weighted by Crippen LogP contribution is -1.95. The quantitative estimate of drug-likeness (QED) is 0.909. The molecule has 3 nitrogen and oxygen atoms in total. The molecule has 94 valence electrons. The van der Waals surface area contributed by atoms with Crippen molar-refractivity contribution in [1.82, 2.24) is 4.98 Å². The van der Waals surface area contributed by atoms with Crippen LogP contribution in [0, 0.1) is 0 Å².